The molecule has 0 saturated heterocycles. The maximum atomic E-state index is 12.4. The average Bonchev–Trinajstić information content (AvgIpc) is 3.16. The number of ether oxygens (including phenoxy) is 3. The van der Waals surface area contributed by atoms with Crippen LogP contribution in [-0.2, 0) is 16.1 Å². The van der Waals surface area contributed by atoms with Gasteiger partial charge in [0.05, 0.1) is 13.2 Å². The molecule has 1 rings (SSSR count). The van der Waals surface area contributed by atoms with Crippen molar-refractivity contribution in [3.8, 4) is 11.5 Å². The van der Waals surface area contributed by atoms with Crippen molar-refractivity contribution in [2.24, 2.45) is 0 Å². The van der Waals surface area contributed by atoms with Crippen LogP contribution in [0.5, 0.6) is 11.5 Å². The van der Waals surface area contributed by atoms with Gasteiger partial charge in [-0.2, -0.15) is 0 Å². The fraction of sp³-hybridized carbons (Fsp3) is 0.694. The van der Waals surface area contributed by atoms with Crippen LogP contribution in [-0.4, -0.2) is 44.7 Å². The van der Waals surface area contributed by atoms with Gasteiger partial charge in [0.1, 0.15) is 18.1 Å². The van der Waals surface area contributed by atoms with E-state index >= 15 is 0 Å². The van der Waals surface area contributed by atoms with E-state index in [2.05, 4.69) is 67.4 Å². The first-order valence-corrected chi connectivity index (χ1v) is 22.4. The van der Waals surface area contributed by atoms with Crippen LogP contribution in [0.2, 0.25) is 0 Å². The fourth-order valence-electron chi connectivity index (χ4n) is 6.20. The van der Waals surface area contributed by atoms with Crippen LogP contribution in [0.1, 0.15) is 186 Å². The van der Waals surface area contributed by atoms with Crippen LogP contribution in [0.15, 0.2) is 66.8 Å². The SMILES string of the molecule is CCCCCC=CCC=CCCCCCCCCOc1ccc(COC(=O)CCCN(C)C)c(OCCCCCCCCC=CCC=CCCCCC)c1. The summed E-state index contributed by atoms with van der Waals surface area (Å²) in [6, 6.07) is 5.97. The van der Waals surface area contributed by atoms with Gasteiger partial charge in [0.25, 0.3) is 0 Å². The van der Waals surface area contributed by atoms with Crippen molar-refractivity contribution >= 4 is 5.97 Å². The Morgan fingerprint density at radius 2 is 1.02 bits per heavy atom. The summed E-state index contributed by atoms with van der Waals surface area (Å²) in [5.74, 6) is 1.43. The van der Waals surface area contributed by atoms with Crippen LogP contribution >= 0.6 is 0 Å². The molecule has 0 aliphatic rings. The molecule has 1 aromatic carbocycles. The van der Waals surface area contributed by atoms with E-state index in [1.165, 1.54) is 128 Å². The first-order chi connectivity index (χ1) is 26.6. The minimum Gasteiger partial charge on any atom is -0.493 e. The summed E-state index contributed by atoms with van der Waals surface area (Å²) in [5.41, 5.74) is 0.900. The van der Waals surface area contributed by atoms with E-state index in [-0.39, 0.29) is 12.6 Å². The van der Waals surface area contributed by atoms with Gasteiger partial charge < -0.3 is 19.1 Å². The first-order valence-electron chi connectivity index (χ1n) is 22.4. The van der Waals surface area contributed by atoms with Crippen LogP contribution in [0.25, 0.3) is 0 Å². The summed E-state index contributed by atoms with van der Waals surface area (Å²) >= 11 is 0. The van der Waals surface area contributed by atoms with E-state index < -0.39 is 0 Å². The van der Waals surface area contributed by atoms with E-state index in [0.29, 0.717) is 19.6 Å². The number of unbranched alkanes of at least 4 members (excludes halogenated alkanes) is 18. The molecular formula is C49H83NO4. The summed E-state index contributed by atoms with van der Waals surface area (Å²) < 4.78 is 18.1. The lowest BCUT2D eigenvalue weighted by Crippen LogP contribution is -2.15. The molecule has 5 heteroatoms. The second-order valence-electron chi connectivity index (χ2n) is 15.2. The Bertz CT molecular complexity index is 1100. The largest absolute Gasteiger partial charge is 0.493 e. The standard InChI is InChI=1S/C49H83NO4/c1-5-7-9-11-13-15-17-19-21-23-25-27-29-31-33-35-42-52-47-40-39-46(45-54-49(51)38-37-41-50(3)4)48(44-47)53-43-36-34-32-30-28-26-24-22-20-18-16-14-12-10-8-6-2/h13-16,19-22,39-40,44H,5-12,17-18,23-38,41-43,45H2,1-4H3. The normalized spacial score (nSPS) is 12.0. The van der Waals surface area contributed by atoms with E-state index in [0.717, 1.165) is 55.7 Å². The monoisotopic (exact) mass is 750 g/mol. The lowest BCUT2D eigenvalue weighted by Gasteiger charge is -2.15. The van der Waals surface area contributed by atoms with Gasteiger partial charge in [-0.3, -0.25) is 4.79 Å². The highest BCUT2D eigenvalue weighted by molar-refractivity contribution is 5.69. The molecule has 0 atom stereocenters. The van der Waals surface area contributed by atoms with Gasteiger partial charge in [-0.1, -0.05) is 140 Å². The Balaban J connectivity index is 2.32. The molecule has 0 saturated carbocycles. The van der Waals surface area contributed by atoms with Crippen molar-refractivity contribution in [1.29, 1.82) is 0 Å². The van der Waals surface area contributed by atoms with Gasteiger partial charge in [0.15, 0.2) is 0 Å². The lowest BCUT2D eigenvalue weighted by atomic mass is 10.1. The van der Waals surface area contributed by atoms with Gasteiger partial charge in [0, 0.05) is 18.1 Å². The molecule has 0 aliphatic heterocycles. The minimum absolute atomic E-state index is 0.161. The van der Waals surface area contributed by atoms with Gasteiger partial charge in [-0.15, -0.1) is 0 Å². The lowest BCUT2D eigenvalue weighted by molar-refractivity contribution is -0.145. The highest BCUT2D eigenvalue weighted by atomic mass is 16.5. The van der Waals surface area contributed by atoms with Gasteiger partial charge >= 0.3 is 5.97 Å². The van der Waals surface area contributed by atoms with Gasteiger partial charge in [-0.05, 0) is 116 Å². The molecule has 5 nitrogen and oxygen atoms in total. The Hall–Kier alpha value is -2.79. The number of esters is 1. The number of carbonyl (C=O) groups excluding carboxylic acids is 1. The predicted octanol–water partition coefficient (Wildman–Crippen LogP) is 14.5. The Labute approximate surface area is 334 Å². The molecule has 1 aromatic rings. The summed E-state index contributed by atoms with van der Waals surface area (Å²) in [5, 5.41) is 0. The third-order valence-electron chi connectivity index (χ3n) is 9.63. The quantitative estimate of drug-likeness (QED) is 0.0383. The molecule has 0 unspecified atom stereocenters. The zero-order valence-corrected chi connectivity index (χ0v) is 35.6. The second kappa shape index (κ2) is 38.5. The smallest absolute Gasteiger partial charge is 0.306 e. The number of rotatable bonds is 38. The number of carbonyl (C=O) groups is 1. The van der Waals surface area contributed by atoms with Crippen molar-refractivity contribution in [2.45, 2.75) is 187 Å². The van der Waals surface area contributed by atoms with Crippen LogP contribution in [0, 0.1) is 0 Å². The highest BCUT2D eigenvalue weighted by Crippen LogP contribution is 2.27. The molecule has 0 N–H and O–H groups in total. The molecule has 0 radical (unpaired) electrons. The maximum Gasteiger partial charge on any atom is 0.306 e. The fourth-order valence-corrected chi connectivity index (χ4v) is 6.20. The average molecular weight is 750 g/mol. The number of nitrogens with zero attached hydrogens (tertiary/aromatic N) is 1. The summed E-state index contributed by atoms with van der Waals surface area (Å²) in [7, 11) is 4.04. The Morgan fingerprint density at radius 1 is 0.556 bits per heavy atom. The number of allylic oxidation sites excluding steroid dienone is 8. The van der Waals surface area contributed by atoms with E-state index in [1.54, 1.807) is 0 Å². The Morgan fingerprint density at radius 3 is 1.52 bits per heavy atom. The van der Waals surface area contributed by atoms with Crippen LogP contribution in [0.4, 0.5) is 0 Å². The van der Waals surface area contributed by atoms with Gasteiger partial charge in [0.2, 0.25) is 0 Å². The zero-order chi connectivity index (χ0) is 39.0. The van der Waals surface area contributed by atoms with Crippen molar-refractivity contribution in [2.75, 3.05) is 33.9 Å². The molecule has 0 amide bonds. The first kappa shape index (κ1) is 49.2. The van der Waals surface area contributed by atoms with Crippen molar-refractivity contribution < 1.29 is 19.0 Å². The van der Waals surface area contributed by atoms with E-state index in [9.17, 15) is 4.79 Å². The number of hydrogen-bond acceptors (Lipinski definition) is 5. The predicted molar refractivity (Wildman–Crippen MR) is 234 cm³/mol. The molecule has 0 heterocycles. The van der Waals surface area contributed by atoms with Crippen LogP contribution in [0.3, 0.4) is 0 Å². The molecule has 0 spiro atoms. The third kappa shape index (κ3) is 32.6. The zero-order valence-electron chi connectivity index (χ0n) is 35.6. The molecule has 0 fully saturated rings. The molecular weight excluding hydrogens is 667 g/mol. The van der Waals surface area contributed by atoms with E-state index in [4.69, 9.17) is 14.2 Å². The van der Waals surface area contributed by atoms with Crippen molar-refractivity contribution in [3.05, 3.63) is 72.4 Å². The number of hydrogen-bond donors (Lipinski definition) is 0. The minimum atomic E-state index is -0.161. The molecule has 0 bridgehead atoms. The molecule has 308 valence electrons. The van der Waals surface area contributed by atoms with Gasteiger partial charge in [-0.25, -0.2) is 0 Å². The number of benzene rings is 1. The molecule has 0 aliphatic carbocycles. The van der Waals surface area contributed by atoms with Crippen molar-refractivity contribution in [1.82, 2.24) is 4.90 Å². The second-order valence-corrected chi connectivity index (χ2v) is 15.2. The Kier molecular flexibility index (Phi) is 35.1. The summed E-state index contributed by atoms with van der Waals surface area (Å²) in [6.07, 6.45) is 49.3. The molecule has 0 aromatic heterocycles. The third-order valence-corrected chi connectivity index (χ3v) is 9.63. The highest BCUT2D eigenvalue weighted by Gasteiger charge is 2.11. The maximum absolute atomic E-state index is 12.4. The van der Waals surface area contributed by atoms with E-state index in [1.807, 2.05) is 32.3 Å². The summed E-state index contributed by atoms with van der Waals surface area (Å²) in [4.78, 5) is 14.5. The van der Waals surface area contributed by atoms with Crippen LogP contribution < -0.4 is 9.47 Å². The van der Waals surface area contributed by atoms with Crippen molar-refractivity contribution in [3.63, 3.8) is 0 Å². The topological polar surface area (TPSA) is 48.0 Å². The summed E-state index contributed by atoms with van der Waals surface area (Å²) in [6.45, 7) is 6.98. The molecule has 54 heavy (non-hydrogen) atoms.